The minimum atomic E-state index is -4.20. The highest BCUT2D eigenvalue weighted by Gasteiger charge is 2.24. The lowest BCUT2D eigenvalue weighted by Gasteiger charge is -2.15. The zero-order valence-corrected chi connectivity index (χ0v) is 16.8. The molecule has 0 fully saturated rings. The Labute approximate surface area is 150 Å². The van der Waals surface area contributed by atoms with Gasteiger partial charge in [-0.2, -0.15) is 8.42 Å². The van der Waals surface area contributed by atoms with Gasteiger partial charge in [0.1, 0.15) is 10.6 Å². The van der Waals surface area contributed by atoms with Gasteiger partial charge in [0, 0.05) is 10.7 Å². The minimum Gasteiger partial charge on any atom is -0.378 e. The van der Waals surface area contributed by atoms with E-state index < -0.39 is 20.0 Å². The summed E-state index contributed by atoms with van der Waals surface area (Å²) in [4.78, 5) is -0.323. The quantitative estimate of drug-likeness (QED) is 0.690. The van der Waals surface area contributed by atoms with Crippen LogP contribution in [0.4, 0.5) is 0 Å². The van der Waals surface area contributed by atoms with Gasteiger partial charge in [0.2, 0.25) is 0 Å². The molecule has 0 aliphatic rings. The van der Waals surface area contributed by atoms with Crippen molar-refractivity contribution in [3.05, 3.63) is 51.5 Å². The molecule has 0 atom stereocenters. The summed E-state index contributed by atoms with van der Waals surface area (Å²) in [5, 5.41) is 0. The Bertz CT molecular complexity index is 1010. The summed E-state index contributed by atoms with van der Waals surface area (Å²) in [7, 11) is -7.74. The zero-order chi connectivity index (χ0) is 18.3. The highest BCUT2D eigenvalue weighted by molar-refractivity contribution is 9.10. The summed E-state index contributed by atoms with van der Waals surface area (Å²) < 4.78 is 54.3. The van der Waals surface area contributed by atoms with Crippen LogP contribution in [-0.4, -0.2) is 23.1 Å². The average molecular weight is 433 g/mol. The summed E-state index contributed by atoms with van der Waals surface area (Å²) >= 11 is 3.14. The third-order valence-electron chi connectivity index (χ3n) is 3.67. The lowest BCUT2D eigenvalue weighted by molar-refractivity contribution is 0.481. The maximum absolute atomic E-state index is 12.7. The minimum absolute atomic E-state index is 0.0921. The van der Waals surface area contributed by atoms with Crippen LogP contribution >= 0.6 is 15.9 Å². The SMILES string of the molecule is Cc1ccc(C)c(OS(=O)(=O)c2cc(S(C)(=O)=O)ccc2Br)c1C. The van der Waals surface area contributed by atoms with Crippen molar-refractivity contribution >= 4 is 35.9 Å². The highest BCUT2D eigenvalue weighted by Crippen LogP contribution is 2.32. The first-order chi connectivity index (χ1) is 10.9. The molecule has 0 unspecified atom stereocenters. The number of rotatable bonds is 4. The molecule has 0 aromatic heterocycles. The molecule has 2 rings (SSSR count). The van der Waals surface area contributed by atoms with E-state index in [1.807, 2.05) is 13.0 Å². The van der Waals surface area contributed by atoms with Crippen LogP contribution in [0.5, 0.6) is 5.75 Å². The van der Waals surface area contributed by atoms with Gasteiger partial charge in [0.05, 0.1) is 4.90 Å². The number of aryl methyl sites for hydroxylation is 2. The van der Waals surface area contributed by atoms with E-state index in [-0.39, 0.29) is 20.0 Å². The van der Waals surface area contributed by atoms with Crippen LogP contribution in [0.3, 0.4) is 0 Å². The van der Waals surface area contributed by atoms with Crippen molar-refractivity contribution in [1.82, 2.24) is 0 Å². The van der Waals surface area contributed by atoms with Crippen molar-refractivity contribution in [2.75, 3.05) is 6.26 Å². The molecular weight excluding hydrogens is 416 g/mol. The fraction of sp³-hybridized carbons (Fsp3) is 0.250. The Morgan fingerprint density at radius 2 is 1.50 bits per heavy atom. The van der Waals surface area contributed by atoms with Crippen LogP contribution in [0.15, 0.2) is 44.6 Å². The average Bonchev–Trinajstić information content (AvgIpc) is 2.46. The van der Waals surface area contributed by atoms with E-state index in [2.05, 4.69) is 15.9 Å². The molecular formula is C16H17BrO5S2. The lowest BCUT2D eigenvalue weighted by Crippen LogP contribution is -2.13. The Morgan fingerprint density at radius 3 is 2.08 bits per heavy atom. The molecule has 130 valence electrons. The molecule has 2 aromatic rings. The van der Waals surface area contributed by atoms with Gasteiger partial charge in [-0.05, 0) is 71.6 Å². The first-order valence-corrected chi connectivity index (χ1v) is 11.0. The van der Waals surface area contributed by atoms with Crippen molar-refractivity contribution in [2.24, 2.45) is 0 Å². The molecule has 0 aliphatic heterocycles. The maximum atomic E-state index is 12.7. The first-order valence-electron chi connectivity index (χ1n) is 6.94. The molecule has 0 saturated heterocycles. The fourth-order valence-electron chi connectivity index (χ4n) is 2.11. The van der Waals surface area contributed by atoms with Gasteiger partial charge in [0.15, 0.2) is 9.84 Å². The maximum Gasteiger partial charge on any atom is 0.340 e. The lowest BCUT2D eigenvalue weighted by atomic mass is 10.1. The summed E-state index contributed by atoms with van der Waals surface area (Å²) in [6, 6.07) is 7.46. The molecule has 0 radical (unpaired) electrons. The van der Waals surface area contributed by atoms with E-state index in [9.17, 15) is 16.8 Å². The van der Waals surface area contributed by atoms with E-state index in [4.69, 9.17) is 4.18 Å². The van der Waals surface area contributed by atoms with Crippen LogP contribution in [-0.2, 0) is 20.0 Å². The van der Waals surface area contributed by atoms with Crippen molar-refractivity contribution in [3.8, 4) is 5.75 Å². The third kappa shape index (κ3) is 3.81. The summed E-state index contributed by atoms with van der Waals surface area (Å²) in [5.41, 5.74) is 2.29. The summed E-state index contributed by atoms with van der Waals surface area (Å²) in [6.07, 6.45) is 1.02. The van der Waals surface area contributed by atoms with E-state index in [1.165, 1.54) is 12.1 Å². The number of halogens is 1. The van der Waals surface area contributed by atoms with Gasteiger partial charge in [-0.25, -0.2) is 8.42 Å². The van der Waals surface area contributed by atoms with E-state index in [0.717, 1.165) is 17.9 Å². The molecule has 0 amide bonds. The number of sulfone groups is 1. The monoisotopic (exact) mass is 432 g/mol. The number of benzene rings is 2. The van der Waals surface area contributed by atoms with Gasteiger partial charge in [0.25, 0.3) is 0 Å². The van der Waals surface area contributed by atoms with Crippen LogP contribution in [0.2, 0.25) is 0 Å². The van der Waals surface area contributed by atoms with Gasteiger partial charge in [-0.3, -0.25) is 0 Å². The predicted molar refractivity (Wildman–Crippen MR) is 95.7 cm³/mol. The van der Waals surface area contributed by atoms with Crippen LogP contribution < -0.4 is 4.18 Å². The second kappa shape index (κ2) is 6.50. The Hall–Kier alpha value is -1.38. The molecule has 0 spiro atoms. The molecule has 0 aliphatic carbocycles. The molecule has 24 heavy (non-hydrogen) atoms. The second-order valence-electron chi connectivity index (χ2n) is 5.56. The highest BCUT2D eigenvalue weighted by atomic mass is 79.9. The third-order valence-corrected chi connectivity index (χ3v) is 6.99. The Balaban J connectivity index is 2.59. The van der Waals surface area contributed by atoms with Crippen molar-refractivity contribution in [2.45, 2.75) is 30.6 Å². The molecule has 0 saturated carbocycles. The predicted octanol–water partition coefficient (Wildman–Crippen LogP) is 3.55. The number of hydrogen-bond donors (Lipinski definition) is 0. The van der Waals surface area contributed by atoms with Crippen molar-refractivity contribution < 1.29 is 21.0 Å². The summed E-state index contributed by atoms with van der Waals surface area (Å²) in [5.74, 6) is 0.256. The molecule has 2 aromatic carbocycles. The Morgan fingerprint density at radius 1 is 0.917 bits per heavy atom. The standard InChI is InChI=1S/C16H17BrO5S2/c1-10-5-6-11(2)16(12(10)3)22-24(20,21)15-9-13(23(4,18)19)7-8-14(15)17/h5-9H,1-4H3. The molecule has 5 nitrogen and oxygen atoms in total. The smallest absolute Gasteiger partial charge is 0.340 e. The van der Waals surface area contributed by atoms with E-state index >= 15 is 0 Å². The Kier molecular flexibility index (Phi) is 5.13. The summed E-state index contributed by atoms with van der Waals surface area (Å²) in [6.45, 7) is 5.38. The van der Waals surface area contributed by atoms with Gasteiger partial charge in [-0.15, -0.1) is 0 Å². The van der Waals surface area contributed by atoms with E-state index in [1.54, 1.807) is 19.9 Å². The fourth-order valence-corrected chi connectivity index (χ4v) is 4.82. The van der Waals surface area contributed by atoms with Gasteiger partial charge >= 0.3 is 10.1 Å². The topological polar surface area (TPSA) is 77.5 Å². The van der Waals surface area contributed by atoms with Gasteiger partial charge in [-0.1, -0.05) is 12.1 Å². The van der Waals surface area contributed by atoms with Crippen molar-refractivity contribution in [1.29, 1.82) is 0 Å². The zero-order valence-electron chi connectivity index (χ0n) is 13.6. The molecule has 0 N–H and O–H groups in total. The molecule has 0 heterocycles. The number of hydrogen-bond acceptors (Lipinski definition) is 5. The first kappa shape index (κ1) is 19.0. The van der Waals surface area contributed by atoms with Crippen LogP contribution in [0.1, 0.15) is 16.7 Å². The molecule has 0 bridgehead atoms. The van der Waals surface area contributed by atoms with Crippen LogP contribution in [0.25, 0.3) is 0 Å². The van der Waals surface area contributed by atoms with Crippen molar-refractivity contribution in [3.63, 3.8) is 0 Å². The largest absolute Gasteiger partial charge is 0.378 e. The van der Waals surface area contributed by atoms with Crippen LogP contribution in [0, 0.1) is 20.8 Å². The molecule has 8 heteroatoms. The normalized spacial score (nSPS) is 12.2. The second-order valence-corrected chi connectivity index (χ2v) is 9.94. The van der Waals surface area contributed by atoms with E-state index in [0.29, 0.717) is 11.1 Å². The van der Waals surface area contributed by atoms with Gasteiger partial charge < -0.3 is 4.18 Å².